The molecule has 1 amide bonds. The molecule has 112 valence electrons. The highest BCUT2D eigenvalue weighted by atomic mass is 16.5. The zero-order valence-corrected chi connectivity index (χ0v) is 12.6. The van der Waals surface area contributed by atoms with Gasteiger partial charge in [0.15, 0.2) is 0 Å². The van der Waals surface area contributed by atoms with Gasteiger partial charge in [-0.05, 0) is 58.4 Å². The second-order valence-corrected chi connectivity index (χ2v) is 4.93. The van der Waals surface area contributed by atoms with Gasteiger partial charge in [0.1, 0.15) is 12.4 Å². The fourth-order valence-corrected chi connectivity index (χ4v) is 1.63. The molecule has 0 radical (unpaired) electrons. The van der Waals surface area contributed by atoms with Crippen LogP contribution in [-0.2, 0) is 4.79 Å². The Morgan fingerprint density at radius 1 is 1.25 bits per heavy atom. The molecule has 0 aliphatic heterocycles. The van der Waals surface area contributed by atoms with Gasteiger partial charge in [0, 0.05) is 18.7 Å². The Morgan fingerprint density at radius 2 is 1.95 bits per heavy atom. The maximum absolute atomic E-state index is 11.6. The molecule has 0 heterocycles. The summed E-state index contributed by atoms with van der Waals surface area (Å²) in [5.74, 6) is 0.863. The molecule has 0 aromatic heterocycles. The van der Waals surface area contributed by atoms with Gasteiger partial charge in [-0.15, -0.1) is 0 Å². The molecule has 1 aromatic rings. The lowest BCUT2D eigenvalue weighted by molar-refractivity contribution is -0.116. The topological polar surface area (TPSA) is 53.6 Å². The summed E-state index contributed by atoms with van der Waals surface area (Å²) in [6.07, 6.45) is 1.37. The Labute approximate surface area is 121 Å². The standard InChI is InChI=1S/C15H25N3O2/c1-16-10-4-5-15(19)17-13-6-8-14(9-7-13)20-12-11-18(2)3/h6-9,16H,4-5,10-12H2,1-3H3,(H,17,19). The predicted octanol–water partition coefficient (Wildman–Crippen LogP) is 1.57. The number of anilines is 1. The molecule has 0 bridgehead atoms. The summed E-state index contributed by atoms with van der Waals surface area (Å²) in [6, 6.07) is 7.47. The number of likely N-dealkylation sites (N-methyl/N-ethyl adjacent to an activating group) is 1. The molecule has 2 N–H and O–H groups in total. The van der Waals surface area contributed by atoms with Gasteiger partial charge >= 0.3 is 0 Å². The highest BCUT2D eigenvalue weighted by Crippen LogP contribution is 2.15. The van der Waals surface area contributed by atoms with E-state index in [1.165, 1.54) is 0 Å². The number of benzene rings is 1. The van der Waals surface area contributed by atoms with Gasteiger partial charge in [-0.25, -0.2) is 0 Å². The molecule has 0 spiro atoms. The second-order valence-electron chi connectivity index (χ2n) is 4.93. The first-order chi connectivity index (χ1) is 9.61. The van der Waals surface area contributed by atoms with Crippen molar-refractivity contribution < 1.29 is 9.53 Å². The van der Waals surface area contributed by atoms with E-state index >= 15 is 0 Å². The van der Waals surface area contributed by atoms with Gasteiger partial charge in [0.05, 0.1) is 0 Å². The summed E-state index contributed by atoms with van der Waals surface area (Å²) >= 11 is 0. The highest BCUT2D eigenvalue weighted by molar-refractivity contribution is 5.90. The average Bonchev–Trinajstić information content (AvgIpc) is 2.41. The first-order valence-electron chi connectivity index (χ1n) is 6.94. The van der Waals surface area contributed by atoms with Gasteiger partial charge < -0.3 is 20.3 Å². The molecule has 5 nitrogen and oxygen atoms in total. The minimum atomic E-state index is 0.0431. The quantitative estimate of drug-likeness (QED) is 0.674. The third-order valence-corrected chi connectivity index (χ3v) is 2.78. The highest BCUT2D eigenvalue weighted by Gasteiger charge is 2.02. The number of nitrogens with zero attached hydrogens (tertiary/aromatic N) is 1. The third kappa shape index (κ3) is 7.11. The van der Waals surface area contributed by atoms with Crippen molar-refractivity contribution in [3.05, 3.63) is 24.3 Å². The minimum Gasteiger partial charge on any atom is -0.492 e. The molecule has 0 aliphatic rings. The van der Waals surface area contributed by atoms with E-state index < -0.39 is 0 Å². The van der Waals surface area contributed by atoms with Gasteiger partial charge in [0.2, 0.25) is 5.91 Å². The van der Waals surface area contributed by atoms with Crippen LogP contribution in [0.3, 0.4) is 0 Å². The summed E-state index contributed by atoms with van der Waals surface area (Å²) in [5, 5.41) is 5.89. The van der Waals surface area contributed by atoms with Crippen LogP contribution in [0.5, 0.6) is 5.75 Å². The number of hydrogen-bond donors (Lipinski definition) is 2. The molecular formula is C15H25N3O2. The number of carbonyl (C=O) groups excluding carboxylic acids is 1. The van der Waals surface area contributed by atoms with Crippen molar-refractivity contribution in [2.75, 3.05) is 46.2 Å². The Balaban J connectivity index is 2.32. The predicted molar refractivity (Wildman–Crippen MR) is 82.3 cm³/mol. The van der Waals surface area contributed by atoms with Gasteiger partial charge in [-0.1, -0.05) is 0 Å². The molecule has 1 rings (SSSR count). The summed E-state index contributed by atoms with van der Waals surface area (Å²) in [6.45, 7) is 2.39. The van der Waals surface area contributed by atoms with Gasteiger partial charge in [-0.3, -0.25) is 4.79 Å². The van der Waals surface area contributed by atoms with E-state index in [0.29, 0.717) is 13.0 Å². The minimum absolute atomic E-state index is 0.0431. The van der Waals surface area contributed by atoms with Crippen LogP contribution in [0.15, 0.2) is 24.3 Å². The smallest absolute Gasteiger partial charge is 0.224 e. The molecule has 0 saturated carbocycles. The number of ether oxygens (including phenoxy) is 1. The first-order valence-corrected chi connectivity index (χ1v) is 6.94. The largest absolute Gasteiger partial charge is 0.492 e. The fraction of sp³-hybridized carbons (Fsp3) is 0.533. The van der Waals surface area contributed by atoms with Gasteiger partial charge in [-0.2, -0.15) is 0 Å². The van der Waals surface area contributed by atoms with Crippen molar-refractivity contribution in [1.82, 2.24) is 10.2 Å². The van der Waals surface area contributed by atoms with Crippen molar-refractivity contribution in [3.63, 3.8) is 0 Å². The van der Waals surface area contributed by atoms with Crippen LogP contribution in [0, 0.1) is 0 Å². The van der Waals surface area contributed by atoms with Crippen molar-refractivity contribution in [2.45, 2.75) is 12.8 Å². The van der Waals surface area contributed by atoms with Crippen molar-refractivity contribution in [1.29, 1.82) is 0 Å². The summed E-state index contributed by atoms with van der Waals surface area (Å²) < 4.78 is 5.59. The van der Waals surface area contributed by atoms with E-state index in [0.717, 1.165) is 30.9 Å². The van der Waals surface area contributed by atoms with Crippen LogP contribution < -0.4 is 15.4 Å². The van der Waals surface area contributed by atoms with Crippen LogP contribution in [-0.4, -0.2) is 51.6 Å². The number of amides is 1. The Kier molecular flexibility index (Phi) is 7.69. The fourth-order valence-electron chi connectivity index (χ4n) is 1.63. The Bertz CT molecular complexity index is 391. The lowest BCUT2D eigenvalue weighted by Gasteiger charge is -2.11. The molecular weight excluding hydrogens is 254 g/mol. The maximum atomic E-state index is 11.6. The molecule has 1 aromatic carbocycles. The van der Waals surface area contributed by atoms with Crippen LogP contribution in [0.1, 0.15) is 12.8 Å². The van der Waals surface area contributed by atoms with E-state index in [1.54, 1.807) is 0 Å². The monoisotopic (exact) mass is 279 g/mol. The van der Waals surface area contributed by atoms with Crippen LogP contribution >= 0.6 is 0 Å². The lowest BCUT2D eigenvalue weighted by Crippen LogP contribution is -2.19. The SMILES string of the molecule is CNCCCC(=O)Nc1ccc(OCCN(C)C)cc1. The summed E-state index contributed by atoms with van der Waals surface area (Å²) in [5.41, 5.74) is 0.805. The van der Waals surface area contributed by atoms with Crippen LogP contribution in [0.2, 0.25) is 0 Å². The molecule has 0 fully saturated rings. The van der Waals surface area contributed by atoms with Crippen molar-refractivity contribution in [2.24, 2.45) is 0 Å². The molecule has 0 saturated heterocycles. The molecule has 0 aliphatic carbocycles. The molecule has 20 heavy (non-hydrogen) atoms. The third-order valence-electron chi connectivity index (χ3n) is 2.78. The van der Waals surface area contributed by atoms with E-state index in [4.69, 9.17) is 4.74 Å². The maximum Gasteiger partial charge on any atom is 0.224 e. The van der Waals surface area contributed by atoms with Crippen molar-refractivity contribution in [3.8, 4) is 5.75 Å². The van der Waals surface area contributed by atoms with Crippen LogP contribution in [0.25, 0.3) is 0 Å². The lowest BCUT2D eigenvalue weighted by atomic mass is 10.2. The number of carbonyl (C=O) groups is 1. The average molecular weight is 279 g/mol. The first kappa shape index (κ1) is 16.5. The summed E-state index contributed by atoms with van der Waals surface area (Å²) in [7, 11) is 5.90. The molecule has 0 atom stereocenters. The number of rotatable bonds is 9. The Morgan fingerprint density at radius 3 is 2.55 bits per heavy atom. The molecule has 5 heteroatoms. The second kappa shape index (κ2) is 9.34. The zero-order chi connectivity index (χ0) is 14.8. The van der Waals surface area contributed by atoms with Crippen LogP contribution in [0.4, 0.5) is 5.69 Å². The zero-order valence-electron chi connectivity index (χ0n) is 12.6. The summed E-state index contributed by atoms with van der Waals surface area (Å²) in [4.78, 5) is 13.7. The van der Waals surface area contributed by atoms with E-state index in [9.17, 15) is 4.79 Å². The Hall–Kier alpha value is -1.59. The van der Waals surface area contributed by atoms with Gasteiger partial charge in [0.25, 0.3) is 0 Å². The normalized spacial score (nSPS) is 10.6. The number of nitrogens with one attached hydrogen (secondary N) is 2. The van der Waals surface area contributed by atoms with Crippen molar-refractivity contribution >= 4 is 11.6 Å². The number of hydrogen-bond acceptors (Lipinski definition) is 4. The van der Waals surface area contributed by atoms with E-state index in [-0.39, 0.29) is 5.91 Å². The van der Waals surface area contributed by atoms with E-state index in [1.807, 2.05) is 45.4 Å². The molecule has 0 unspecified atom stereocenters. The van der Waals surface area contributed by atoms with E-state index in [2.05, 4.69) is 15.5 Å².